The molecule has 2 nitrogen and oxygen atoms in total. The number of fused-ring (bicyclic) bond motifs is 1. The van der Waals surface area contributed by atoms with E-state index >= 15 is 0 Å². The number of nitrogens with one attached hydrogen (secondary N) is 1. The number of hydrogen-bond acceptors (Lipinski definition) is 1. The van der Waals surface area contributed by atoms with Crippen LogP contribution in [-0.4, -0.2) is 5.16 Å². The van der Waals surface area contributed by atoms with Crippen molar-refractivity contribution in [3.8, 4) is 0 Å². The van der Waals surface area contributed by atoms with Gasteiger partial charge in [0.05, 0.1) is 0 Å². The molecule has 0 aliphatic rings. The third kappa shape index (κ3) is 0.560. The average molecular weight is 121 g/mol. The normalized spacial score (nSPS) is 10.8. The van der Waals surface area contributed by atoms with E-state index in [-0.39, 0.29) is 0 Å². The van der Waals surface area contributed by atoms with Crippen LogP contribution >= 0.6 is 0 Å². The molecule has 0 radical (unpaired) electrons. The Morgan fingerprint density at radius 2 is 2.33 bits per heavy atom. The second-order valence-electron chi connectivity index (χ2n) is 2.20. The fourth-order valence-electron chi connectivity index (χ4n) is 0.876. The first kappa shape index (κ1) is 4.68. The third-order valence-electron chi connectivity index (χ3n) is 1.41. The molecular formula is C7H7NO. The molecule has 0 spiro atoms. The molecule has 1 aromatic carbocycles. The Hall–Kier alpha value is -1.18. The summed E-state index contributed by atoms with van der Waals surface area (Å²) >= 11 is 0. The number of aryl methyl sites for hydroxylation is 1. The van der Waals surface area contributed by atoms with Gasteiger partial charge in [-0.25, -0.2) is 5.16 Å². The maximum absolute atomic E-state index is 4.88. The van der Waals surface area contributed by atoms with Crippen LogP contribution in [-0.2, 0) is 0 Å². The largest absolute Gasteiger partial charge is 0.380 e. The maximum atomic E-state index is 4.88. The van der Waals surface area contributed by atoms with Gasteiger partial charge in [0, 0.05) is 0 Å². The molecule has 0 aliphatic carbocycles. The van der Waals surface area contributed by atoms with Crippen molar-refractivity contribution >= 4 is 11.1 Å². The first-order valence-electron chi connectivity index (χ1n) is 2.90. The van der Waals surface area contributed by atoms with E-state index < -0.39 is 0 Å². The lowest BCUT2D eigenvalue weighted by Crippen LogP contribution is -1.82. The zero-order chi connectivity index (χ0) is 6.27. The van der Waals surface area contributed by atoms with Gasteiger partial charge < -0.3 is 4.52 Å². The molecule has 9 heavy (non-hydrogen) atoms. The molecular weight excluding hydrogens is 114 g/mol. The molecule has 0 atom stereocenters. The fourth-order valence-corrected chi connectivity index (χ4v) is 0.876. The molecule has 2 heteroatoms. The van der Waals surface area contributed by atoms with E-state index in [0.717, 1.165) is 11.1 Å². The van der Waals surface area contributed by atoms with Crippen molar-refractivity contribution < 1.29 is 4.52 Å². The second kappa shape index (κ2) is 1.41. The summed E-state index contributed by atoms with van der Waals surface area (Å²) in [6.07, 6.45) is 0. The number of aromatic nitrogens is 1. The van der Waals surface area contributed by atoms with Crippen LogP contribution in [0.1, 0.15) is 5.56 Å². The topological polar surface area (TPSA) is 28.9 Å². The van der Waals surface area contributed by atoms with Crippen LogP contribution in [0.2, 0.25) is 0 Å². The molecule has 2 rings (SSSR count). The van der Waals surface area contributed by atoms with Gasteiger partial charge in [-0.2, -0.15) is 0 Å². The Labute approximate surface area is 52.4 Å². The average Bonchev–Trinajstić information content (AvgIpc) is 1.78. The number of H-pyrrole nitrogens is 1. The fraction of sp³-hybridized carbons (Fsp3) is 0.143. The molecule has 0 aliphatic heterocycles. The maximum Gasteiger partial charge on any atom is 0.181 e. The Balaban J connectivity index is 2.78. The highest BCUT2D eigenvalue weighted by atomic mass is 16.5. The van der Waals surface area contributed by atoms with Crippen molar-refractivity contribution in [3.63, 3.8) is 0 Å². The molecule has 0 saturated heterocycles. The second-order valence-corrected chi connectivity index (χ2v) is 2.20. The summed E-state index contributed by atoms with van der Waals surface area (Å²) in [5, 5.41) is 2.73. The summed E-state index contributed by atoms with van der Waals surface area (Å²) in [6, 6.07) is 6.04. The van der Waals surface area contributed by atoms with Crippen LogP contribution in [0.3, 0.4) is 0 Å². The predicted octanol–water partition coefficient (Wildman–Crippen LogP) is 2.07. The highest BCUT2D eigenvalue weighted by molar-refractivity contribution is 5.73. The summed E-state index contributed by atoms with van der Waals surface area (Å²) in [5.41, 5.74) is 3.29. The molecule has 2 aromatic rings. The molecule has 46 valence electrons. The molecule has 0 unspecified atom stereocenters. The number of rotatable bonds is 0. The van der Waals surface area contributed by atoms with Crippen LogP contribution in [0.25, 0.3) is 11.1 Å². The lowest BCUT2D eigenvalue weighted by molar-refractivity contribution is 0.424. The highest BCUT2D eigenvalue weighted by Crippen LogP contribution is 2.14. The van der Waals surface area contributed by atoms with E-state index in [9.17, 15) is 0 Å². The minimum absolute atomic E-state index is 0.945. The number of aromatic amines is 1. The number of hydrogen-bond donors (Lipinski definition) is 1. The first-order valence-corrected chi connectivity index (χ1v) is 2.90. The Kier molecular flexibility index (Phi) is 0.730. The summed E-state index contributed by atoms with van der Waals surface area (Å²) in [4.78, 5) is 0. The minimum Gasteiger partial charge on any atom is -0.380 e. The summed E-state index contributed by atoms with van der Waals surface area (Å²) in [7, 11) is 0. The van der Waals surface area contributed by atoms with Crippen molar-refractivity contribution in [1.82, 2.24) is 5.16 Å². The van der Waals surface area contributed by atoms with E-state index in [1.807, 2.05) is 12.1 Å². The predicted molar refractivity (Wildman–Crippen MR) is 35.3 cm³/mol. The molecule has 1 heterocycles. The monoisotopic (exact) mass is 121 g/mol. The van der Waals surface area contributed by atoms with E-state index in [0.29, 0.717) is 0 Å². The molecule has 1 N–H and O–H groups in total. The van der Waals surface area contributed by atoms with Crippen molar-refractivity contribution in [2.75, 3.05) is 0 Å². The first-order chi connectivity index (χ1) is 4.36. The van der Waals surface area contributed by atoms with Gasteiger partial charge in [0.15, 0.2) is 5.58 Å². The quantitative estimate of drug-likeness (QED) is 0.568. The van der Waals surface area contributed by atoms with Crippen molar-refractivity contribution in [1.29, 1.82) is 0 Å². The Morgan fingerprint density at radius 3 is 2.78 bits per heavy atom. The van der Waals surface area contributed by atoms with E-state index in [1.165, 1.54) is 5.56 Å². The van der Waals surface area contributed by atoms with Gasteiger partial charge in [0.2, 0.25) is 0 Å². The zero-order valence-electron chi connectivity index (χ0n) is 5.14. The van der Waals surface area contributed by atoms with Gasteiger partial charge in [0.1, 0.15) is 5.52 Å². The summed E-state index contributed by atoms with van der Waals surface area (Å²) in [6.45, 7) is 2.06. The van der Waals surface area contributed by atoms with Gasteiger partial charge >= 0.3 is 0 Å². The lowest BCUT2D eigenvalue weighted by atomic mass is 10.2. The van der Waals surface area contributed by atoms with E-state index in [1.54, 1.807) is 0 Å². The van der Waals surface area contributed by atoms with Gasteiger partial charge in [0.25, 0.3) is 0 Å². The SMILES string of the molecule is Cc1ccc2o[nH]c2c1. The zero-order valence-corrected chi connectivity index (χ0v) is 5.14. The molecule has 1 aromatic heterocycles. The van der Waals surface area contributed by atoms with Crippen LogP contribution in [0, 0.1) is 6.92 Å². The smallest absolute Gasteiger partial charge is 0.181 e. The van der Waals surface area contributed by atoms with Crippen LogP contribution in [0.5, 0.6) is 0 Å². The van der Waals surface area contributed by atoms with Crippen LogP contribution < -0.4 is 0 Å². The van der Waals surface area contributed by atoms with E-state index in [2.05, 4.69) is 18.1 Å². The minimum atomic E-state index is 0.945. The summed E-state index contributed by atoms with van der Waals surface area (Å²) in [5.74, 6) is 0. The Morgan fingerprint density at radius 1 is 1.44 bits per heavy atom. The van der Waals surface area contributed by atoms with Gasteiger partial charge in [-0.15, -0.1) is 0 Å². The van der Waals surface area contributed by atoms with Gasteiger partial charge in [-0.1, -0.05) is 6.07 Å². The van der Waals surface area contributed by atoms with Crippen LogP contribution in [0.15, 0.2) is 22.7 Å². The van der Waals surface area contributed by atoms with Crippen LogP contribution in [0.4, 0.5) is 0 Å². The molecule has 0 bridgehead atoms. The number of benzene rings is 1. The standard InChI is InChI=1S/C7H7NO/c1-5-2-3-7-6(4-5)8-9-7/h2-4,8H,1H3. The molecule has 0 amide bonds. The van der Waals surface area contributed by atoms with Gasteiger partial charge in [-0.05, 0) is 24.6 Å². The van der Waals surface area contributed by atoms with E-state index in [4.69, 9.17) is 4.52 Å². The van der Waals surface area contributed by atoms with Crippen molar-refractivity contribution in [2.45, 2.75) is 6.92 Å². The third-order valence-corrected chi connectivity index (χ3v) is 1.41. The van der Waals surface area contributed by atoms with Crippen molar-refractivity contribution in [3.05, 3.63) is 23.8 Å². The van der Waals surface area contributed by atoms with Crippen molar-refractivity contribution in [2.24, 2.45) is 0 Å². The summed E-state index contributed by atoms with van der Waals surface area (Å²) < 4.78 is 4.88. The lowest BCUT2D eigenvalue weighted by Gasteiger charge is -1.99. The molecule has 0 saturated carbocycles. The molecule has 0 fully saturated rings. The Bertz CT molecular complexity index is 318. The van der Waals surface area contributed by atoms with Gasteiger partial charge in [-0.3, -0.25) is 0 Å². The highest BCUT2D eigenvalue weighted by Gasteiger charge is 1.96.